The number of rotatable bonds is 6. The fourth-order valence-electron chi connectivity index (χ4n) is 2.10. The Kier molecular flexibility index (Phi) is 4.16. The summed E-state index contributed by atoms with van der Waals surface area (Å²) in [5.41, 5.74) is 2.36. The Morgan fingerprint density at radius 3 is 2.82 bits per heavy atom. The third-order valence-corrected chi connectivity index (χ3v) is 3.54. The number of hydrogen-bond donors (Lipinski definition) is 1. The fourth-order valence-corrected chi connectivity index (χ4v) is 2.10. The van der Waals surface area contributed by atoms with Crippen molar-refractivity contribution in [2.24, 2.45) is 5.92 Å². The maximum Gasteiger partial charge on any atom is 0.123 e. The zero-order chi connectivity index (χ0) is 12.3. The molecular weight excluding hydrogens is 213 g/mol. The van der Waals surface area contributed by atoms with Crippen LogP contribution in [0.25, 0.3) is 0 Å². The molecular formula is C15H22FN. The average Bonchev–Trinajstić information content (AvgIpc) is 3.09. The monoisotopic (exact) mass is 235 g/mol. The molecule has 0 saturated heterocycles. The van der Waals surface area contributed by atoms with Crippen LogP contribution in [0.2, 0.25) is 0 Å². The Morgan fingerprint density at radius 1 is 1.41 bits per heavy atom. The smallest absolute Gasteiger partial charge is 0.123 e. The molecule has 1 aliphatic rings. The largest absolute Gasteiger partial charge is 0.314 e. The van der Waals surface area contributed by atoms with Gasteiger partial charge >= 0.3 is 0 Å². The van der Waals surface area contributed by atoms with Crippen molar-refractivity contribution < 1.29 is 4.39 Å². The van der Waals surface area contributed by atoms with Gasteiger partial charge in [0, 0.05) is 6.04 Å². The fraction of sp³-hybridized carbons (Fsp3) is 0.600. The van der Waals surface area contributed by atoms with Gasteiger partial charge in [0.1, 0.15) is 5.82 Å². The number of aryl methyl sites for hydroxylation is 2. The van der Waals surface area contributed by atoms with Gasteiger partial charge < -0.3 is 5.32 Å². The zero-order valence-corrected chi connectivity index (χ0v) is 10.8. The molecule has 1 fully saturated rings. The molecule has 0 heterocycles. The molecule has 1 aliphatic carbocycles. The first kappa shape index (κ1) is 12.6. The van der Waals surface area contributed by atoms with E-state index in [4.69, 9.17) is 0 Å². The average molecular weight is 235 g/mol. The molecule has 1 atom stereocenters. The van der Waals surface area contributed by atoms with E-state index in [0.29, 0.717) is 5.92 Å². The molecule has 0 aromatic heterocycles. The minimum Gasteiger partial charge on any atom is -0.314 e. The minimum atomic E-state index is -0.130. The van der Waals surface area contributed by atoms with Crippen molar-refractivity contribution in [3.8, 4) is 0 Å². The van der Waals surface area contributed by atoms with Gasteiger partial charge in [-0.15, -0.1) is 0 Å². The van der Waals surface area contributed by atoms with Gasteiger partial charge in [-0.05, 0) is 68.3 Å². The van der Waals surface area contributed by atoms with E-state index < -0.39 is 0 Å². The highest BCUT2D eigenvalue weighted by atomic mass is 19.1. The van der Waals surface area contributed by atoms with E-state index in [1.54, 1.807) is 12.1 Å². The molecule has 94 valence electrons. The number of halogens is 1. The normalized spacial score (nSPS) is 17.1. The first-order valence-electron chi connectivity index (χ1n) is 6.63. The van der Waals surface area contributed by atoms with Crippen LogP contribution < -0.4 is 5.32 Å². The van der Waals surface area contributed by atoms with Crippen LogP contribution in [-0.2, 0) is 6.42 Å². The topological polar surface area (TPSA) is 12.0 Å². The highest BCUT2D eigenvalue weighted by Gasteiger charge is 2.20. The first-order chi connectivity index (χ1) is 8.15. The van der Waals surface area contributed by atoms with Crippen molar-refractivity contribution in [3.63, 3.8) is 0 Å². The Labute approximate surface area is 103 Å². The molecule has 1 unspecified atom stereocenters. The molecule has 0 amide bonds. The second-order valence-electron chi connectivity index (χ2n) is 5.40. The second kappa shape index (κ2) is 5.63. The van der Waals surface area contributed by atoms with E-state index in [1.165, 1.54) is 24.8 Å². The standard InChI is InChI=1S/C15H22FN/c1-11(10-17-15-7-8-15)3-4-13-5-6-14(16)9-12(13)2/h5-6,9,11,15,17H,3-4,7-8,10H2,1-2H3. The second-order valence-corrected chi connectivity index (χ2v) is 5.40. The summed E-state index contributed by atoms with van der Waals surface area (Å²) < 4.78 is 13.0. The lowest BCUT2D eigenvalue weighted by atomic mass is 9.98. The van der Waals surface area contributed by atoms with E-state index in [0.717, 1.165) is 24.6 Å². The molecule has 2 rings (SSSR count). The molecule has 0 spiro atoms. The quantitative estimate of drug-likeness (QED) is 0.796. The Hall–Kier alpha value is -0.890. The maximum absolute atomic E-state index is 13.0. The van der Waals surface area contributed by atoms with Crippen LogP contribution in [-0.4, -0.2) is 12.6 Å². The van der Waals surface area contributed by atoms with Crippen LogP contribution in [0.3, 0.4) is 0 Å². The maximum atomic E-state index is 13.0. The van der Waals surface area contributed by atoms with E-state index in [1.807, 2.05) is 13.0 Å². The molecule has 1 N–H and O–H groups in total. The van der Waals surface area contributed by atoms with Gasteiger partial charge in [0.05, 0.1) is 0 Å². The summed E-state index contributed by atoms with van der Waals surface area (Å²) in [6.07, 6.45) is 4.93. The van der Waals surface area contributed by atoms with E-state index in [-0.39, 0.29) is 5.82 Å². The molecule has 0 bridgehead atoms. The van der Waals surface area contributed by atoms with Crippen molar-refractivity contribution in [2.45, 2.75) is 45.6 Å². The van der Waals surface area contributed by atoms with Crippen molar-refractivity contribution >= 4 is 0 Å². The van der Waals surface area contributed by atoms with E-state index in [2.05, 4.69) is 12.2 Å². The van der Waals surface area contributed by atoms with Crippen LogP contribution in [0.4, 0.5) is 4.39 Å². The number of hydrogen-bond acceptors (Lipinski definition) is 1. The van der Waals surface area contributed by atoms with Gasteiger partial charge in [0.2, 0.25) is 0 Å². The van der Waals surface area contributed by atoms with Gasteiger partial charge in [-0.25, -0.2) is 4.39 Å². The van der Waals surface area contributed by atoms with Crippen LogP contribution >= 0.6 is 0 Å². The van der Waals surface area contributed by atoms with Gasteiger partial charge in [-0.2, -0.15) is 0 Å². The lowest BCUT2D eigenvalue weighted by molar-refractivity contribution is 0.479. The van der Waals surface area contributed by atoms with Gasteiger partial charge in [-0.3, -0.25) is 0 Å². The van der Waals surface area contributed by atoms with Crippen molar-refractivity contribution in [3.05, 3.63) is 35.1 Å². The molecule has 17 heavy (non-hydrogen) atoms. The van der Waals surface area contributed by atoms with Crippen molar-refractivity contribution in [1.29, 1.82) is 0 Å². The molecule has 1 aromatic carbocycles. The van der Waals surface area contributed by atoms with E-state index in [9.17, 15) is 4.39 Å². The lowest BCUT2D eigenvalue weighted by Gasteiger charge is -2.13. The molecule has 1 nitrogen and oxygen atoms in total. The van der Waals surface area contributed by atoms with Crippen LogP contribution in [0, 0.1) is 18.7 Å². The number of nitrogens with one attached hydrogen (secondary N) is 1. The lowest BCUT2D eigenvalue weighted by Crippen LogP contribution is -2.23. The van der Waals surface area contributed by atoms with Crippen molar-refractivity contribution in [2.75, 3.05) is 6.54 Å². The molecule has 2 heteroatoms. The summed E-state index contributed by atoms with van der Waals surface area (Å²) in [6, 6.07) is 5.91. The SMILES string of the molecule is Cc1cc(F)ccc1CCC(C)CNC1CC1. The summed E-state index contributed by atoms with van der Waals surface area (Å²) in [4.78, 5) is 0. The summed E-state index contributed by atoms with van der Waals surface area (Å²) in [7, 11) is 0. The summed E-state index contributed by atoms with van der Waals surface area (Å²) in [5.74, 6) is 0.565. The van der Waals surface area contributed by atoms with Crippen LogP contribution in [0.5, 0.6) is 0 Å². The predicted molar refractivity (Wildman–Crippen MR) is 69.6 cm³/mol. The molecule has 0 radical (unpaired) electrons. The Bertz CT molecular complexity index is 371. The number of benzene rings is 1. The summed E-state index contributed by atoms with van der Waals surface area (Å²) in [5, 5.41) is 3.56. The molecule has 1 saturated carbocycles. The zero-order valence-electron chi connectivity index (χ0n) is 10.8. The Balaban J connectivity index is 1.75. The Morgan fingerprint density at radius 2 is 2.18 bits per heavy atom. The predicted octanol–water partition coefficient (Wildman–Crippen LogP) is 3.45. The van der Waals surface area contributed by atoms with Crippen LogP contribution in [0.15, 0.2) is 18.2 Å². The first-order valence-corrected chi connectivity index (χ1v) is 6.63. The summed E-state index contributed by atoms with van der Waals surface area (Å²) in [6.45, 7) is 5.39. The summed E-state index contributed by atoms with van der Waals surface area (Å²) >= 11 is 0. The highest BCUT2D eigenvalue weighted by molar-refractivity contribution is 5.26. The third kappa shape index (κ3) is 4.12. The minimum absolute atomic E-state index is 0.130. The highest BCUT2D eigenvalue weighted by Crippen LogP contribution is 2.20. The van der Waals surface area contributed by atoms with Crippen molar-refractivity contribution in [1.82, 2.24) is 5.32 Å². The van der Waals surface area contributed by atoms with E-state index >= 15 is 0 Å². The van der Waals surface area contributed by atoms with Gasteiger partial charge in [0.15, 0.2) is 0 Å². The van der Waals surface area contributed by atoms with Gasteiger partial charge in [-0.1, -0.05) is 13.0 Å². The van der Waals surface area contributed by atoms with Crippen LogP contribution in [0.1, 0.15) is 37.3 Å². The third-order valence-electron chi connectivity index (χ3n) is 3.54. The molecule has 1 aromatic rings. The van der Waals surface area contributed by atoms with Gasteiger partial charge in [0.25, 0.3) is 0 Å². The molecule has 0 aliphatic heterocycles.